The second-order valence-electron chi connectivity index (χ2n) is 7.14. The highest BCUT2D eigenvalue weighted by Crippen LogP contribution is 2.26. The number of nitrogens with zero attached hydrogens (tertiary/aromatic N) is 4. The molecule has 0 spiro atoms. The molecule has 0 unspecified atom stereocenters. The number of rotatable bonds is 7. The molecule has 1 amide bonds. The fourth-order valence-electron chi connectivity index (χ4n) is 3.44. The topological polar surface area (TPSA) is 59.0 Å². The second-order valence-corrected chi connectivity index (χ2v) is 8.95. The maximum Gasteiger partial charge on any atom is 0.230 e. The molecule has 152 valence electrons. The van der Waals surface area contributed by atoms with Crippen LogP contribution in [0.15, 0.2) is 70.9 Å². The van der Waals surface area contributed by atoms with E-state index in [1.807, 2.05) is 49.0 Å². The number of hydrogen-bond donors (Lipinski definition) is 0. The van der Waals surface area contributed by atoms with Crippen LogP contribution < -0.4 is 4.90 Å². The van der Waals surface area contributed by atoms with Gasteiger partial charge in [0.05, 0.1) is 20.2 Å². The molecule has 4 aromatic rings. The lowest BCUT2D eigenvalue weighted by atomic mass is 9.93. The zero-order valence-electron chi connectivity index (χ0n) is 16.5. The molecule has 2 heterocycles. The Hall–Kier alpha value is -2.64. The van der Waals surface area contributed by atoms with E-state index in [1.165, 1.54) is 0 Å². The molecule has 0 N–H and O–H groups in total. The van der Waals surface area contributed by atoms with Crippen LogP contribution in [0.25, 0.3) is 10.2 Å². The molecule has 4 rings (SSSR count). The summed E-state index contributed by atoms with van der Waals surface area (Å²) >= 11 is 4.96. The van der Waals surface area contributed by atoms with Crippen molar-refractivity contribution in [3.05, 3.63) is 82.3 Å². The number of benzene rings is 2. The third kappa shape index (κ3) is 4.91. The average Bonchev–Trinajstić information content (AvgIpc) is 3.25. The molecule has 0 aliphatic heterocycles. The molecule has 1 atom stereocenters. The predicted molar refractivity (Wildman–Crippen MR) is 125 cm³/mol. The van der Waals surface area contributed by atoms with Gasteiger partial charge in [-0.05, 0) is 52.5 Å². The van der Waals surface area contributed by atoms with Crippen molar-refractivity contribution < 1.29 is 4.79 Å². The first-order chi connectivity index (χ1) is 14.6. The van der Waals surface area contributed by atoms with Crippen LogP contribution in [-0.4, -0.2) is 27.9 Å². The van der Waals surface area contributed by atoms with Crippen molar-refractivity contribution >= 4 is 49.1 Å². The summed E-state index contributed by atoms with van der Waals surface area (Å²) in [4.78, 5) is 28.3. The molecule has 0 saturated carbocycles. The number of amides is 1. The number of thiazole rings is 1. The Kier molecular flexibility index (Phi) is 6.50. The van der Waals surface area contributed by atoms with E-state index in [0.29, 0.717) is 19.3 Å². The largest absolute Gasteiger partial charge is 0.315 e. The lowest BCUT2D eigenvalue weighted by molar-refractivity contribution is -0.122. The lowest BCUT2D eigenvalue weighted by Gasteiger charge is -2.24. The number of anilines is 1. The molecule has 5 nitrogen and oxygen atoms in total. The fraction of sp³-hybridized carbons (Fsp3) is 0.217. The Labute approximate surface area is 188 Å². The summed E-state index contributed by atoms with van der Waals surface area (Å²) in [5.41, 5.74) is 4.75. The normalized spacial score (nSPS) is 12.1. The Balaban J connectivity index is 1.54. The maximum atomic E-state index is 13.5. The molecule has 7 heteroatoms. The van der Waals surface area contributed by atoms with Gasteiger partial charge in [-0.3, -0.25) is 4.79 Å². The lowest BCUT2D eigenvalue weighted by Crippen LogP contribution is -2.34. The van der Waals surface area contributed by atoms with Crippen LogP contribution in [0.1, 0.15) is 17.8 Å². The number of aryl methyl sites for hydroxylation is 1. The number of aromatic nitrogens is 3. The molecule has 0 fully saturated rings. The summed E-state index contributed by atoms with van der Waals surface area (Å²) in [5, 5.41) is 0. The van der Waals surface area contributed by atoms with Crippen molar-refractivity contribution in [3.8, 4) is 0 Å². The maximum absolute atomic E-state index is 13.5. The molecule has 0 bridgehead atoms. The van der Waals surface area contributed by atoms with Gasteiger partial charge in [-0.2, -0.15) is 0 Å². The van der Waals surface area contributed by atoms with Crippen LogP contribution in [0, 0.1) is 5.92 Å². The van der Waals surface area contributed by atoms with Crippen LogP contribution in [0.2, 0.25) is 0 Å². The van der Waals surface area contributed by atoms with Crippen molar-refractivity contribution in [2.45, 2.75) is 19.3 Å². The van der Waals surface area contributed by atoms with Crippen molar-refractivity contribution in [1.29, 1.82) is 0 Å². The molecular formula is C23H21BrN4OS. The van der Waals surface area contributed by atoms with E-state index >= 15 is 0 Å². The van der Waals surface area contributed by atoms with Gasteiger partial charge in [-0.1, -0.05) is 30.3 Å². The number of carbonyl (C=O) groups excluding carboxylic acids is 1. The van der Waals surface area contributed by atoms with Gasteiger partial charge in [0.1, 0.15) is 5.82 Å². The van der Waals surface area contributed by atoms with Gasteiger partial charge in [0.25, 0.3) is 0 Å². The molecule has 0 aliphatic carbocycles. The average molecular weight is 481 g/mol. The quantitative estimate of drug-likeness (QED) is 0.359. The Bertz CT molecular complexity index is 1130. The first-order valence-electron chi connectivity index (χ1n) is 9.71. The van der Waals surface area contributed by atoms with E-state index in [0.717, 1.165) is 31.8 Å². The summed E-state index contributed by atoms with van der Waals surface area (Å²) in [6, 6.07) is 16.1. The third-order valence-electron chi connectivity index (χ3n) is 5.10. The molecule has 30 heavy (non-hydrogen) atoms. The predicted octanol–water partition coefficient (Wildman–Crippen LogP) is 5.30. The fourth-order valence-corrected chi connectivity index (χ4v) is 4.30. The van der Waals surface area contributed by atoms with Crippen LogP contribution in [0.5, 0.6) is 0 Å². The van der Waals surface area contributed by atoms with Crippen molar-refractivity contribution in [3.63, 3.8) is 0 Å². The monoisotopic (exact) mass is 480 g/mol. The molecule has 0 radical (unpaired) electrons. The Morgan fingerprint density at radius 1 is 1.10 bits per heavy atom. The highest BCUT2D eigenvalue weighted by Gasteiger charge is 2.24. The van der Waals surface area contributed by atoms with Gasteiger partial charge in [0.15, 0.2) is 0 Å². The van der Waals surface area contributed by atoms with Crippen LogP contribution >= 0.6 is 27.3 Å². The molecule has 2 aromatic carbocycles. The smallest absolute Gasteiger partial charge is 0.230 e. The SMILES string of the molecule is CN(C(=O)[C@@H](CCc1ncc(Br)cn1)Cc1ccccc1)c1ccc2scnc2c1. The molecule has 0 aliphatic rings. The van der Waals surface area contributed by atoms with Crippen molar-refractivity contribution in [2.24, 2.45) is 5.92 Å². The van der Waals surface area contributed by atoms with Crippen LogP contribution in [0.3, 0.4) is 0 Å². The standard InChI is InChI=1S/C23H21BrN4OS/c1-28(19-8-9-21-20(12-19)27-15-30-21)23(29)17(11-16-5-3-2-4-6-16)7-10-22-25-13-18(24)14-26-22/h2-6,8-9,12-15,17H,7,10-11H2,1H3/t17-/m0/s1. The summed E-state index contributed by atoms with van der Waals surface area (Å²) in [5.74, 6) is 0.664. The number of hydrogen-bond acceptors (Lipinski definition) is 5. The van der Waals surface area contributed by atoms with Crippen molar-refractivity contribution in [2.75, 3.05) is 11.9 Å². The van der Waals surface area contributed by atoms with Gasteiger partial charge in [0, 0.05) is 37.5 Å². The summed E-state index contributed by atoms with van der Waals surface area (Å²) in [6.07, 6.45) is 5.49. The van der Waals surface area contributed by atoms with Gasteiger partial charge in [-0.15, -0.1) is 11.3 Å². The minimum atomic E-state index is -0.171. The first kappa shape index (κ1) is 20.6. The molecular weight excluding hydrogens is 460 g/mol. The van der Waals surface area contributed by atoms with Crippen LogP contribution in [0.4, 0.5) is 5.69 Å². The summed E-state index contributed by atoms with van der Waals surface area (Å²) in [6.45, 7) is 0. The third-order valence-corrected chi connectivity index (χ3v) is 6.32. The van der Waals surface area contributed by atoms with Gasteiger partial charge in [-0.25, -0.2) is 15.0 Å². The summed E-state index contributed by atoms with van der Waals surface area (Å²) < 4.78 is 1.97. The van der Waals surface area contributed by atoms with Crippen molar-refractivity contribution in [1.82, 2.24) is 15.0 Å². The summed E-state index contributed by atoms with van der Waals surface area (Å²) in [7, 11) is 1.84. The van der Waals surface area contributed by atoms with E-state index in [4.69, 9.17) is 0 Å². The van der Waals surface area contributed by atoms with Gasteiger partial charge >= 0.3 is 0 Å². The van der Waals surface area contributed by atoms with E-state index in [9.17, 15) is 4.79 Å². The van der Waals surface area contributed by atoms with E-state index in [-0.39, 0.29) is 11.8 Å². The van der Waals surface area contributed by atoms with Gasteiger partial charge < -0.3 is 4.90 Å². The molecule has 0 saturated heterocycles. The first-order valence-corrected chi connectivity index (χ1v) is 11.4. The van der Waals surface area contributed by atoms with Crippen LogP contribution in [-0.2, 0) is 17.6 Å². The van der Waals surface area contributed by atoms with E-state index in [1.54, 1.807) is 28.6 Å². The number of fused-ring (bicyclic) bond motifs is 1. The number of carbonyl (C=O) groups is 1. The second kappa shape index (κ2) is 9.45. The highest BCUT2D eigenvalue weighted by molar-refractivity contribution is 9.10. The Morgan fingerprint density at radius 3 is 2.63 bits per heavy atom. The zero-order chi connectivity index (χ0) is 20.9. The molecule has 2 aromatic heterocycles. The number of halogens is 1. The van der Waals surface area contributed by atoms with E-state index in [2.05, 4.69) is 43.0 Å². The minimum absolute atomic E-state index is 0.0885. The van der Waals surface area contributed by atoms with E-state index < -0.39 is 0 Å². The highest BCUT2D eigenvalue weighted by atomic mass is 79.9. The zero-order valence-corrected chi connectivity index (χ0v) is 18.9. The minimum Gasteiger partial charge on any atom is -0.315 e. The Morgan fingerprint density at radius 2 is 1.87 bits per heavy atom. The van der Waals surface area contributed by atoms with Gasteiger partial charge in [0.2, 0.25) is 5.91 Å².